The van der Waals surface area contributed by atoms with E-state index in [0.29, 0.717) is 11.3 Å². The lowest BCUT2D eigenvalue weighted by atomic mass is 10.1. The molecule has 0 amide bonds. The number of hydrogen-bond acceptors (Lipinski definition) is 3. The van der Waals surface area contributed by atoms with Crippen LogP contribution in [0.5, 0.6) is 0 Å². The van der Waals surface area contributed by atoms with E-state index in [4.69, 9.17) is 5.26 Å². The zero-order valence-electron chi connectivity index (χ0n) is 10.8. The van der Waals surface area contributed by atoms with Gasteiger partial charge >= 0.3 is 0 Å². The van der Waals surface area contributed by atoms with E-state index in [1.807, 2.05) is 14.0 Å². The van der Waals surface area contributed by atoms with Crippen molar-refractivity contribution in [3.05, 3.63) is 59.2 Å². The number of rotatable bonds is 3. The van der Waals surface area contributed by atoms with Gasteiger partial charge in [-0.3, -0.25) is 9.78 Å². The van der Waals surface area contributed by atoms with Gasteiger partial charge in [0, 0.05) is 30.7 Å². The normalized spacial score (nSPS) is 10.6. The van der Waals surface area contributed by atoms with E-state index >= 15 is 0 Å². The summed E-state index contributed by atoms with van der Waals surface area (Å²) in [4.78, 5) is 15.8. The van der Waals surface area contributed by atoms with Crippen LogP contribution >= 0.6 is 0 Å². The van der Waals surface area contributed by atoms with Crippen LogP contribution in [0.3, 0.4) is 0 Å². The van der Waals surface area contributed by atoms with Crippen molar-refractivity contribution in [3.63, 3.8) is 0 Å². The zero-order chi connectivity index (χ0) is 13.8. The van der Waals surface area contributed by atoms with Gasteiger partial charge in [-0.2, -0.15) is 5.26 Å². The molecule has 0 atom stereocenters. The van der Waals surface area contributed by atoms with Crippen molar-refractivity contribution in [1.29, 1.82) is 5.26 Å². The molecule has 0 spiro atoms. The lowest BCUT2D eigenvalue weighted by Gasteiger charge is -1.97. The summed E-state index contributed by atoms with van der Waals surface area (Å²) in [6.45, 7) is 1.91. The molecule has 19 heavy (non-hydrogen) atoms. The molecule has 0 radical (unpaired) electrons. The third-order valence-corrected chi connectivity index (χ3v) is 3.05. The first-order chi connectivity index (χ1) is 9.13. The number of ketones is 1. The van der Waals surface area contributed by atoms with E-state index in [1.165, 1.54) is 12.3 Å². The summed E-state index contributed by atoms with van der Waals surface area (Å²) in [6.07, 6.45) is 6.39. The Morgan fingerprint density at radius 3 is 2.89 bits per heavy atom. The van der Waals surface area contributed by atoms with Crippen LogP contribution < -0.4 is 0 Å². The molecule has 4 heteroatoms. The highest BCUT2D eigenvalue weighted by atomic mass is 16.1. The van der Waals surface area contributed by atoms with E-state index in [2.05, 4.69) is 11.1 Å². The molecule has 4 nitrogen and oxygen atoms in total. The second-order valence-electron chi connectivity index (χ2n) is 4.18. The van der Waals surface area contributed by atoms with E-state index in [1.54, 1.807) is 35.0 Å². The van der Waals surface area contributed by atoms with E-state index < -0.39 is 0 Å². The van der Waals surface area contributed by atoms with Gasteiger partial charge < -0.3 is 4.57 Å². The fourth-order valence-corrected chi connectivity index (χ4v) is 1.77. The molecule has 2 heterocycles. The predicted octanol–water partition coefficient (Wildman–Crippen LogP) is 2.50. The minimum atomic E-state index is -0.102. The second kappa shape index (κ2) is 5.32. The molecule has 2 rings (SSSR count). The van der Waals surface area contributed by atoms with Crippen molar-refractivity contribution >= 4 is 11.9 Å². The van der Waals surface area contributed by atoms with Crippen molar-refractivity contribution in [2.75, 3.05) is 0 Å². The fourth-order valence-electron chi connectivity index (χ4n) is 1.77. The molecular formula is C15H13N3O. The highest BCUT2D eigenvalue weighted by molar-refractivity contribution is 6.06. The van der Waals surface area contributed by atoms with Crippen LogP contribution in [0.15, 0.2) is 36.7 Å². The number of carbonyl (C=O) groups excluding carboxylic acids is 1. The maximum atomic E-state index is 11.9. The van der Waals surface area contributed by atoms with E-state index in [-0.39, 0.29) is 5.78 Å². The Hall–Kier alpha value is -2.67. The average Bonchev–Trinajstić information content (AvgIpc) is 2.73. The third kappa shape index (κ3) is 2.61. The molecule has 0 aliphatic heterocycles. The molecule has 94 valence electrons. The van der Waals surface area contributed by atoms with Crippen molar-refractivity contribution in [3.8, 4) is 6.07 Å². The zero-order valence-corrected chi connectivity index (χ0v) is 10.8. The van der Waals surface area contributed by atoms with Gasteiger partial charge in [0.2, 0.25) is 0 Å². The molecule has 0 fully saturated rings. The van der Waals surface area contributed by atoms with Gasteiger partial charge in [0.05, 0.1) is 0 Å². The Bertz CT molecular complexity index is 675. The Labute approximate surface area is 111 Å². The summed E-state index contributed by atoms with van der Waals surface area (Å²) in [7, 11) is 1.83. The molecule has 2 aromatic rings. The lowest BCUT2D eigenvalue weighted by molar-refractivity contribution is 0.104. The Morgan fingerprint density at radius 1 is 1.53 bits per heavy atom. The van der Waals surface area contributed by atoms with Crippen molar-refractivity contribution in [2.24, 2.45) is 7.05 Å². The first-order valence-corrected chi connectivity index (χ1v) is 5.82. The number of pyridine rings is 1. The van der Waals surface area contributed by atoms with Gasteiger partial charge in [-0.1, -0.05) is 0 Å². The summed E-state index contributed by atoms with van der Waals surface area (Å²) in [5, 5.41) is 8.94. The van der Waals surface area contributed by atoms with Gasteiger partial charge in [0.25, 0.3) is 0 Å². The first-order valence-electron chi connectivity index (χ1n) is 5.82. The topological polar surface area (TPSA) is 58.7 Å². The van der Waals surface area contributed by atoms with Crippen molar-refractivity contribution in [1.82, 2.24) is 9.55 Å². The minimum absolute atomic E-state index is 0.102. The number of aromatic nitrogens is 2. The van der Waals surface area contributed by atoms with Crippen molar-refractivity contribution in [2.45, 2.75) is 6.92 Å². The lowest BCUT2D eigenvalue weighted by Crippen LogP contribution is -1.95. The Kier molecular flexibility index (Phi) is 3.58. The molecule has 0 aliphatic rings. The number of hydrogen-bond donors (Lipinski definition) is 0. The van der Waals surface area contributed by atoms with Crippen LogP contribution in [0.2, 0.25) is 0 Å². The second-order valence-corrected chi connectivity index (χ2v) is 4.18. The first kappa shape index (κ1) is 12.8. The number of carbonyl (C=O) groups is 1. The van der Waals surface area contributed by atoms with Gasteiger partial charge in [-0.25, -0.2) is 0 Å². The largest absolute Gasteiger partial charge is 0.339 e. The molecule has 0 unspecified atom stereocenters. The standard InChI is InChI=1S/C15H13N3O/c1-11-12(8-14(9-16)18(11)2)5-6-15(19)13-4-3-7-17-10-13/h3-8,10H,1-2H3. The summed E-state index contributed by atoms with van der Waals surface area (Å²) in [5.41, 5.74) is 2.95. The van der Waals surface area contributed by atoms with Crippen LogP contribution in [-0.4, -0.2) is 15.3 Å². The van der Waals surface area contributed by atoms with Gasteiger partial charge in [-0.15, -0.1) is 0 Å². The molecule has 0 N–H and O–H groups in total. The van der Waals surface area contributed by atoms with Crippen molar-refractivity contribution < 1.29 is 4.79 Å². The average molecular weight is 251 g/mol. The van der Waals surface area contributed by atoms with E-state index in [0.717, 1.165) is 11.3 Å². The van der Waals surface area contributed by atoms with Crippen LogP contribution in [0.4, 0.5) is 0 Å². The minimum Gasteiger partial charge on any atom is -0.339 e. The predicted molar refractivity (Wildman–Crippen MR) is 72.5 cm³/mol. The summed E-state index contributed by atoms with van der Waals surface area (Å²) >= 11 is 0. The maximum Gasteiger partial charge on any atom is 0.187 e. The van der Waals surface area contributed by atoms with Crippen LogP contribution in [0, 0.1) is 18.3 Å². The highest BCUT2D eigenvalue weighted by Gasteiger charge is 2.07. The SMILES string of the molecule is Cc1c(C=CC(=O)c2cccnc2)cc(C#N)n1C. The third-order valence-electron chi connectivity index (χ3n) is 3.05. The number of nitriles is 1. The molecule has 0 saturated carbocycles. The molecule has 0 aromatic carbocycles. The summed E-state index contributed by atoms with van der Waals surface area (Å²) < 4.78 is 1.80. The summed E-state index contributed by atoms with van der Waals surface area (Å²) in [6, 6.07) is 7.32. The van der Waals surface area contributed by atoms with Crippen LogP contribution in [0.25, 0.3) is 6.08 Å². The number of nitrogens with zero attached hydrogens (tertiary/aromatic N) is 3. The molecular weight excluding hydrogens is 238 g/mol. The monoisotopic (exact) mass is 251 g/mol. The Balaban J connectivity index is 2.25. The van der Waals surface area contributed by atoms with Gasteiger partial charge in [-0.05, 0) is 42.8 Å². The molecule has 0 aliphatic carbocycles. The maximum absolute atomic E-state index is 11.9. The molecule has 2 aromatic heterocycles. The fraction of sp³-hybridized carbons (Fsp3) is 0.133. The van der Waals surface area contributed by atoms with Gasteiger partial charge in [0.1, 0.15) is 11.8 Å². The smallest absolute Gasteiger partial charge is 0.187 e. The Morgan fingerprint density at radius 2 is 2.32 bits per heavy atom. The van der Waals surface area contributed by atoms with E-state index in [9.17, 15) is 4.79 Å². The van der Waals surface area contributed by atoms with Gasteiger partial charge in [0.15, 0.2) is 5.78 Å². The molecule has 0 bridgehead atoms. The van der Waals surface area contributed by atoms with Crippen LogP contribution in [-0.2, 0) is 7.05 Å². The summed E-state index contributed by atoms with van der Waals surface area (Å²) in [5.74, 6) is -0.102. The number of allylic oxidation sites excluding steroid dienone is 1. The van der Waals surface area contributed by atoms with Crippen LogP contribution in [0.1, 0.15) is 27.3 Å². The quantitative estimate of drug-likeness (QED) is 0.622. The highest BCUT2D eigenvalue weighted by Crippen LogP contribution is 2.15. The molecule has 0 saturated heterocycles.